The first-order valence-corrected chi connectivity index (χ1v) is 9.48. The molecule has 1 aliphatic carbocycles. The Labute approximate surface area is 162 Å². The van der Waals surface area contributed by atoms with Crippen molar-refractivity contribution in [3.8, 4) is 0 Å². The molecular weight excluding hydrogens is 356 g/mol. The van der Waals surface area contributed by atoms with Crippen molar-refractivity contribution in [1.82, 2.24) is 4.90 Å². The standard InChI is InChI=1S/C21H22N4O3/c22-13-6-8-14(9-7-13)23-21(28)24-15-10-11-17-18(12-15)20(27)25(19(17)26)16-4-2-1-3-5-16/h6-12,16H,1-5,22H2,(H2,23,24,28). The second kappa shape index (κ2) is 7.34. The molecule has 2 aromatic rings. The number of anilines is 3. The van der Waals surface area contributed by atoms with Gasteiger partial charge in [-0.05, 0) is 55.3 Å². The predicted molar refractivity (Wildman–Crippen MR) is 107 cm³/mol. The average Bonchev–Trinajstić information content (AvgIpc) is 2.94. The molecule has 0 unspecified atom stereocenters. The third-order valence-corrected chi connectivity index (χ3v) is 5.28. The van der Waals surface area contributed by atoms with Gasteiger partial charge >= 0.3 is 6.03 Å². The molecule has 144 valence electrons. The molecule has 0 saturated heterocycles. The van der Waals surface area contributed by atoms with E-state index in [0.29, 0.717) is 28.2 Å². The topological polar surface area (TPSA) is 105 Å². The van der Waals surface area contributed by atoms with Crippen LogP contribution < -0.4 is 16.4 Å². The van der Waals surface area contributed by atoms with Gasteiger partial charge in [-0.25, -0.2) is 4.79 Å². The predicted octanol–water partition coefficient (Wildman–Crippen LogP) is 3.84. The molecule has 0 atom stereocenters. The summed E-state index contributed by atoms with van der Waals surface area (Å²) in [6.45, 7) is 0. The zero-order valence-electron chi connectivity index (χ0n) is 15.4. The first kappa shape index (κ1) is 18.0. The van der Waals surface area contributed by atoms with E-state index in [4.69, 9.17) is 5.73 Å². The van der Waals surface area contributed by atoms with Gasteiger partial charge in [-0.3, -0.25) is 14.5 Å². The summed E-state index contributed by atoms with van der Waals surface area (Å²) in [5, 5.41) is 5.40. The van der Waals surface area contributed by atoms with Crippen LogP contribution in [0.4, 0.5) is 21.9 Å². The molecular formula is C21H22N4O3. The van der Waals surface area contributed by atoms with Crippen molar-refractivity contribution in [3.63, 3.8) is 0 Å². The lowest BCUT2D eigenvalue weighted by molar-refractivity contribution is 0.0549. The Balaban J connectivity index is 1.48. The summed E-state index contributed by atoms with van der Waals surface area (Å²) >= 11 is 0. The maximum atomic E-state index is 12.8. The number of fused-ring (bicyclic) bond motifs is 1. The molecule has 0 radical (unpaired) electrons. The first-order chi connectivity index (χ1) is 13.5. The molecule has 1 aliphatic heterocycles. The normalized spacial score (nSPS) is 16.8. The van der Waals surface area contributed by atoms with E-state index in [0.717, 1.165) is 32.1 Å². The highest BCUT2D eigenvalue weighted by Gasteiger charge is 2.40. The minimum atomic E-state index is -0.439. The zero-order chi connectivity index (χ0) is 19.7. The van der Waals surface area contributed by atoms with Gasteiger partial charge in [0.15, 0.2) is 0 Å². The Morgan fingerprint density at radius 3 is 2.18 bits per heavy atom. The molecule has 7 nitrogen and oxygen atoms in total. The number of hydrogen-bond acceptors (Lipinski definition) is 4. The second-order valence-corrected chi connectivity index (χ2v) is 7.23. The van der Waals surface area contributed by atoms with Crippen molar-refractivity contribution in [1.29, 1.82) is 0 Å². The number of nitrogen functional groups attached to an aromatic ring is 1. The minimum Gasteiger partial charge on any atom is -0.399 e. The van der Waals surface area contributed by atoms with Gasteiger partial charge in [0, 0.05) is 23.1 Å². The van der Waals surface area contributed by atoms with Crippen LogP contribution in [0.3, 0.4) is 0 Å². The number of urea groups is 1. The Bertz CT molecular complexity index is 933. The monoisotopic (exact) mass is 378 g/mol. The Kier molecular flexibility index (Phi) is 4.73. The first-order valence-electron chi connectivity index (χ1n) is 9.48. The van der Waals surface area contributed by atoms with Crippen LogP contribution in [0.2, 0.25) is 0 Å². The summed E-state index contributed by atoms with van der Waals surface area (Å²) in [5.74, 6) is -0.501. The van der Waals surface area contributed by atoms with Gasteiger partial charge < -0.3 is 16.4 Å². The fourth-order valence-corrected chi connectivity index (χ4v) is 3.87. The molecule has 28 heavy (non-hydrogen) atoms. The Morgan fingerprint density at radius 1 is 0.857 bits per heavy atom. The van der Waals surface area contributed by atoms with Crippen molar-refractivity contribution >= 4 is 34.9 Å². The summed E-state index contributed by atoms with van der Waals surface area (Å²) in [6.07, 6.45) is 4.95. The maximum absolute atomic E-state index is 12.8. The van der Waals surface area contributed by atoms with Crippen molar-refractivity contribution in [2.24, 2.45) is 0 Å². The number of rotatable bonds is 3. The van der Waals surface area contributed by atoms with Crippen LogP contribution in [0.15, 0.2) is 42.5 Å². The molecule has 1 heterocycles. The number of nitrogens with two attached hydrogens (primary N) is 1. The lowest BCUT2D eigenvalue weighted by Crippen LogP contribution is -2.40. The Hall–Kier alpha value is -3.35. The molecule has 7 heteroatoms. The molecule has 4 N–H and O–H groups in total. The summed E-state index contributed by atoms with van der Waals surface area (Å²) in [4.78, 5) is 39.1. The smallest absolute Gasteiger partial charge is 0.323 e. The molecule has 4 rings (SSSR count). The van der Waals surface area contributed by atoms with Crippen LogP contribution in [-0.4, -0.2) is 28.8 Å². The highest BCUT2D eigenvalue weighted by atomic mass is 16.2. The van der Waals surface area contributed by atoms with Gasteiger partial charge in [-0.2, -0.15) is 0 Å². The van der Waals surface area contributed by atoms with Gasteiger partial charge in [-0.15, -0.1) is 0 Å². The lowest BCUT2D eigenvalue weighted by Gasteiger charge is -2.29. The number of hydrogen-bond donors (Lipinski definition) is 3. The zero-order valence-corrected chi connectivity index (χ0v) is 15.4. The Morgan fingerprint density at radius 2 is 1.46 bits per heavy atom. The number of carbonyl (C=O) groups excluding carboxylic acids is 3. The quantitative estimate of drug-likeness (QED) is 0.557. The largest absolute Gasteiger partial charge is 0.399 e. The van der Waals surface area contributed by atoms with E-state index in [1.165, 1.54) is 4.90 Å². The van der Waals surface area contributed by atoms with Crippen molar-refractivity contribution in [3.05, 3.63) is 53.6 Å². The van der Waals surface area contributed by atoms with Crippen molar-refractivity contribution < 1.29 is 14.4 Å². The number of amides is 4. The molecule has 0 bridgehead atoms. The van der Waals surface area contributed by atoms with Gasteiger partial charge in [0.1, 0.15) is 0 Å². The van der Waals surface area contributed by atoms with Gasteiger partial charge in [0.05, 0.1) is 11.1 Å². The number of nitrogens with zero attached hydrogens (tertiary/aromatic N) is 1. The molecule has 1 saturated carbocycles. The van der Waals surface area contributed by atoms with E-state index in [9.17, 15) is 14.4 Å². The second-order valence-electron chi connectivity index (χ2n) is 7.23. The van der Waals surface area contributed by atoms with Crippen molar-refractivity contribution in [2.75, 3.05) is 16.4 Å². The van der Waals surface area contributed by atoms with Crippen molar-refractivity contribution in [2.45, 2.75) is 38.1 Å². The van der Waals surface area contributed by atoms with Crippen LogP contribution in [0.1, 0.15) is 52.8 Å². The van der Waals surface area contributed by atoms with Crippen LogP contribution in [0.25, 0.3) is 0 Å². The number of imide groups is 1. The number of benzene rings is 2. The third-order valence-electron chi connectivity index (χ3n) is 5.28. The van der Waals surface area contributed by atoms with E-state index < -0.39 is 6.03 Å². The fraction of sp³-hybridized carbons (Fsp3) is 0.286. The molecule has 0 spiro atoms. The molecule has 2 aromatic carbocycles. The fourth-order valence-electron chi connectivity index (χ4n) is 3.87. The van der Waals surface area contributed by atoms with E-state index in [1.807, 2.05) is 0 Å². The SMILES string of the molecule is Nc1ccc(NC(=O)Nc2ccc3c(c2)C(=O)N(C2CCCCC2)C3=O)cc1. The van der Waals surface area contributed by atoms with E-state index >= 15 is 0 Å². The molecule has 0 aromatic heterocycles. The van der Waals surface area contributed by atoms with Gasteiger partial charge in [0.25, 0.3) is 11.8 Å². The van der Waals surface area contributed by atoms with Gasteiger partial charge in [0.2, 0.25) is 0 Å². The average molecular weight is 378 g/mol. The minimum absolute atomic E-state index is 0.0219. The molecule has 4 amide bonds. The number of nitrogens with one attached hydrogen (secondary N) is 2. The van der Waals surface area contributed by atoms with Crippen LogP contribution in [0.5, 0.6) is 0 Å². The van der Waals surface area contributed by atoms with Crippen LogP contribution in [-0.2, 0) is 0 Å². The van der Waals surface area contributed by atoms with Crippen LogP contribution >= 0.6 is 0 Å². The van der Waals surface area contributed by atoms with E-state index in [-0.39, 0.29) is 17.9 Å². The van der Waals surface area contributed by atoms with Gasteiger partial charge in [-0.1, -0.05) is 19.3 Å². The summed E-state index contributed by atoms with van der Waals surface area (Å²) in [6, 6.07) is 11.1. The number of carbonyl (C=O) groups is 3. The molecule has 2 aliphatic rings. The van der Waals surface area contributed by atoms with E-state index in [1.54, 1.807) is 42.5 Å². The third kappa shape index (κ3) is 3.43. The van der Waals surface area contributed by atoms with Crippen LogP contribution in [0, 0.1) is 0 Å². The molecule has 1 fully saturated rings. The lowest BCUT2D eigenvalue weighted by atomic mass is 9.94. The summed E-state index contributed by atoms with van der Waals surface area (Å²) in [5.41, 5.74) is 8.04. The highest BCUT2D eigenvalue weighted by Crippen LogP contribution is 2.32. The maximum Gasteiger partial charge on any atom is 0.323 e. The summed E-state index contributed by atoms with van der Waals surface area (Å²) < 4.78 is 0. The summed E-state index contributed by atoms with van der Waals surface area (Å²) in [7, 11) is 0. The van der Waals surface area contributed by atoms with E-state index in [2.05, 4.69) is 10.6 Å². The highest BCUT2D eigenvalue weighted by molar-refractivity contribution is 6.22.